The second-order valence-corrected chi connectivity index (χ2v) is 10.4. The van der Waals surface area contributed by atoms with Gasteiger partial charge >= 0.3 is 0 Å². The number of furan rings is 1. The molecular formula is C24H28N6O4S. The monoisotopic (exact) mass is 496 g/mol. The maximum Gasteiger partial charge on any atom is 0.231 e. The zero-order valence-electron chi connectivity index (χ0n) is 20.0. The Labute approximate surface area is 206 Å². The zero-order valence-corrected chi connectivity index (χ0v) is 20.8. The van der Waals surface area contributed by atoms with E-state index in [2.05, 4.69) is 36.1 Å². The van der Waals surface area contributed by atoms with Crippen LogP contribution in [0.4, 0.5) is 5.82 Å². The Kier molecular flexibility index (Phi) is 6.07. The van der Waals surface area contributed by atoms with E-state index in [9.17, 15) is 5.11 Å². The molecule has 10 nitrogen and oxygen atoms in total. The van der Waals surface area contributed by atoms with Crippen LogP contribution in [0.5, 0.6) is 11.5 Å². The van der Waals surface area contributed by atoms with Crippen LogP contribution in [-0.4, -0.2) is 49.6 Å². The van der Waals surface area contributed by atoms with Gasteiger partial charge in [0.25, 0.3) is 0 Å². The van der Waals surface area contributed by atoms with Gasteiger partial charge in [0.05, 0.1) is 12.6 Å². The van der Waals surface area contributed by atoms with Crippen LogP contribution in [0, 0.1) is 6.92 Å². The highest BCUT2D eigenvalue weighted by Gasteiger charge is 2.24. The number of β-amino-alcohol motifs (C(OH)–C–C–N with tert-alkyl or cyclic N) is 1. The van der Waals surface area contributed by atoms with Crippen molar-refractivity contribution in [2.45, 2.75) is 55.9 Å². The third-order valence-electron chi connectivity index (χ3n) is 5.47. The van der Waals surface area contributed by atoms with Gasteiger partial charge in [0.1, 0.15) is 17.8 Å². The lowest BCUT2D eigenvalue weighted by Gasteiger charge is -2.23. The molecule has 5 rings (SSSR count). The number of nitrogens with two attached hydrogens (primary N) is 1. The first-order valence-corrected chi connectivity index (χ1v) is 12.1. The van der Waals surface area contributed by atoms with Crippen molar-refractivity contribution in [2.24, 2.45) is 0 Å². The Hall–Kier alpha value is -3.28. The number of aliphatic hydroxyl groups is 1. The van der Waals surface area contributed by atoms with Crippen molar-refractivity contribution in [2.75, 3.05) is 19.1 Å². The van der Waals surface area contributed by atoms with Gasteiger partial charge in [-0.25, -0.2) is 15.0 Å². The molecule has 0 bridgehead atoms. The molecule has 0 fully saturated rings. The molecule has 1 aromatic carbocycles. The van der Waals surface area contributed by atoms with Crippen LogP contribution >= 0.6 is 11.8 Å². The average molecular weight is 497 g/mol. The van der Waals surface area contributed by atoms with Crippen molar-refractivity contribution in [3.63, 3.8) is 0 Å². The molecule has 0 spiro atoms. The van der Waals surface area contributed by atoms with E-state index in [4.69, 9.17) is 24.6 Å². The molecule has 0 saturated carbocycles. The lowest BCUT2D eigenvalue weighted by atomic mass is 10.1. The van der Waals surface area contributed by atoms with Crippen LogP contribution in [0.3, 0.4) is 0 Å². The molecule has 4 heterocycles. The highest BCUT2D eigenvalue weighted by atomic mass is 32.2. The van der Waals surface area contributed by atoms with E-state index in [1.54, 1.807) is 0 Å². The first kappa shape index (κ1) is 23.5. The van der Waals surface area contributed by atoms with Gasteiger partial charge in [-0.3, -0.25) is 0 Å². The number of nitrogens with one attached hydrogen (secondary N) is 1. The molecule has 0 aliphatic carbocycles. The highest BCUT2D eigenvalue weighted by Crippen LogP contribution is 2.45. The fourth-order valence-electron chi connectivity index (χ4n) is 3.75. The maximum atomic E-state index is 10.8. The van der Waals surface area contributed by atoms with Crippen LogP contribution < -0.4 is 20.5 Å². The minimum Gasteiger partial charge on any atom is -0.461 e. The van der Waals surface area contributed by atoms with Crippen LogP contribution in [0.1, 0.15) is 26.5 Å². The van der Waals surface area contributed by atoms with Crippen LogP contribution in [0.25, 0.3) is 22.5 Å². The number of hydrogen-bond donors (Lipinski definition) is 3. The number of nitrogen functional groups attached to an aromatic ring is 1. The van der Waals surface area contributed by atoms with Crippen LogP contribution in [0.15, 0.2) is 45.1 Å². The average Bonchev–Trinajstić information content (AvgIpc) is 3.51. The van der Waals surface area contributed by atoms with Gasteiger partial charge in [0.2, 0.25) is 6.79 Å². The van der Waals surface area contributed by atoms with Crippen molar-refractivity contribution < 1.29 is 19.0 Å². The number of fused-ring (bicyclic) bond motifs is 2. The normalized spacial score (nSPS) is 14.1. The van der Waals surface area contributed by atoms with Gasteiger partial charge in [-0.1, -0.05) is 11.8 Å². The Morgan fingerprint density at radius 3 is 2.69 bits per heavy atom. The number of aryl methyl sites for hydroxylation is 1. The number of aliphatic hydroxyl groups excluding tert-OH is 1. The lowest BCUT2D eigenvalue weighted by Crippen LogP contribution is -2.42. The van der Waals surface area contributed by atoms with Crippen molar-refractivity contribution in [3.8, 4) is 22.8 Å². The third-order valence-corrected chi connectivity index (χ3v) is 6.52. The first-order valence-electron chi connectivity index (χ1n) is 11.3. The van der Waals surface area contributed by atoms with Gasteiger partial charge < -0.3 is 34.6 Å². The molecular weight excluding hydrogens is 468 g/mol. The van der Waals surface area contributed by atoms with E-state index < -0.39 is 6.10 Å². The van der Waals surface area contributed by atoms with Crippen molar-refractivity contribution in [3.05, 3.63) is 36.4 Å². The maximum absolute atomic E-state index is 10.8. The molecule has 0 radical (unpaired) electrons. The Balaban J connectivity index is 1.55. The number of anilines is 1. The van der Waals surface area contributed by atoms with Gasteiger partial charge in [0.15, 0.2) is 33.6 Å². The first-order chi connectivity index (χ1) is 16.7. The smallest absolute Gasteiger partial charge is 0.231 e. The highest BCUT2D eigenvalue weighted by molar-refractivity contribution is 7.99. The lowest BCUT2D eigenvalue weighted by molar-refractivity contribution is 0.140. The standard InChI is InChI=1S/C24H28N6O4S/c1-13-5-6-16(34-13)15-7-17-18(33-12-32-17)8-19(15)35-23-29-20-21(25)26-11-27-22(20)30(23)10-14(31)9-28-24(2,3)4/h5-8,11,14,28,31H,9-10,12H2,1-4H3,(H2,25,26,27). The Bertz CT molecular complexity index is 1380. The van der Waals surface area contributed by atoms with Gasteiger partial charge in [-0.2, -0.15) is 0 Å². The molecule has 0 amide bonds. The minimum atomic E-state index is -0.675. The number of ether oxygens (including phenoxy) is 2. The summed E-state index contributed by atoms with van der Waals surface area (Å²) >= 11 is 1.41. The molecule has 1 aliphatic heterocycles. The minimum absolute atomic E-state index is 0.120. The van der Waals surface area contributed by atoms with E-state index in [1.807, 2.05) is 35.8 Å². The molecule has 184 valence electrons. The Morgan fingerprint density at radius 2 is 1.97 bits per heavy atom. The molecule has 11 heteroatoms. The summed E-state index contributed by atoms with van der Waals surface area (Å²) in [6.07, 6.45) is 0.730. The van der Waals surface area contributed by atoms with Gasteiger partial charge in [-0.15, -0.1) is 0 Å². The molecule has 0 saturated heterocycles. The van der Waals surface area contributed by atoms with Gasteiger partial charge in [0, 0.05) is 22.5 Å². The number of benzene rings is 1. The largest absolute Gasteiger partial charge is 0.461 e. The summed E-state index contributed by atoms with van der Waals surface area (Å²) in [5, 5.41) is 14.8. The van der Waals surface area contributed by atoms with Gasteiger partial charge in [-0.05, 0) is 52.0 Å². The van der Waals surface area contributed by atoms with E-state index >= 15 is 0 Å². The Morgan fingerprint density at radius 1 is 1.20 bits per heavy atom. The summed E-state index contributed by atoms with van der Waals surface area (Å²) in [5.74, 6) is 3.10. The van der Waals surface area contributed by atoms with Crippen molar-refractivity contribution >= 4 is 28.7 Å². The molecule has 35 heavy (non-hydrogen) atoms. The fraction of sp³-hybridized carbons (Fsp3) is 0.375. The summed E-state index contributed by atoms with van der Waals surface area (Å²) in [6.45, 7) is 8.92. The summed E-state index contributed by atoms with van der Waals surface area (Å²) in [5.41, 5.74) is 7.89. The molecule has 1 aliphatic rings. The summed E-state index contributed by atoms with van der Waals surface area (Å²) < 4.78 is 19.0. The SMILES string of the molecule is Cc1ccc(-c2cc3c(cc2Sc2nc4c(N)ncnc4n2CC(O)CNC(C)(C)C)OCO3)o1. The molecule has 1 unspecified atom stereocenters. The van der Waals surface area contributed by atoms with E-state index in [0.29, 0.717) is 40.1 Å². The third kappa shape index (κ3) is 4.93. The fourth-order valence-corrected chi connectivity index (χ4v) is 4.79. The van der Waals surface area contributed by atoms with Crippen molar-refractivity contribution in [1.82, 2.24) is 24.8 Å². The van der Waals surface area contributed by atoms with E-state index in [-0.39, 0.29) is 24.7 Å². The van der Waals surface area contributed by atoms with Crippen LogP contribution in [-0.2, 0) is 6.54 Å². The number of hydrogen-bond acceptors (Lipinski definition) is 10. The van der Waals surface area contributed by atoms with E-state index in [1.165, 1.54) is 18.1 Å². The second-order valence-electron chi connectivity index (χ2n) is 9.43. The molecule has 4 N–H and O–H groups in total. The number of nitrogens with zero attached hydrogens (tertiary/aromatic N) is 4. The summed E-state index contributed by atoms with van der Waals surface area (Å²) in [6, 6.07) is 7.66. The number of imidazole rings is 1. The van der Waals surface area contributed by atoms with Crippen molar-refractivity contribution in [1.29, 1.82) is 0 Å². The quantitative estimate of drug-likeness (QED) is 0.348. The number of rotatable bonds is 7. The van der Waals surface area contributed by atoms with Crippen LogP contribution in [0.2, 0.25) is 0 Å². The summed E-state index contributed by atoms with van der Waals surface area (Å²) in [4.78, 5) is 14.1. The zero-order chi connectivity index (χ0) is 24.7. The van der Waals surface area contributed by atoms with E-state index in [0.717, 1.165) is 16.2 Å². The predicted molar refractivity (Wildman–Crippen MR) is 133 cm³/mol. The number of aromatic nitrogens is 4. The molecule has 3 aromatic heterocycles. The molecule has 4 aromatic rings. The molecule has 1 atom stereocenters. The second kappa shape index (κ2) is 9.06. The topological polar surface area (TPSA) is 133 Å². The predicted octanol–water partition coefficient (Wildman–Crippen LogP) is 3.61. The summed E-state index contributed by atoms with van der Waals surface area (Å²) in [7, 11) is 0.